The van der Waals surface area contributed by atoms with Crippen LogP contribution in [0.4, 0.5) is 5.82 Å². The fraction of sp³-hybridized carbons (Fsp3) is 0. The van der Waals surface area contributed by atoms with Gasteiger partial charge in [0.1, 0.15) is 10.5 Å². The highest BCUT2D eigenvalue weighted by molar-refractivity contribution is 7.71. The fourth-order valence-electron chi connectivity index (χ4n) is 1.20. The van der Waals surface area contributed by atoms with Crippen LogP contribution in [0, 0.1) is 4.64 Å². The van der Waals surface area contributed by atoms with Crippen molar-refractivity contribution in [3.8, 4) is 5.69 Å². The van der Waals surface area contributed by atoms with Gasteiger partial charge in [-0.1, -0.05) is 30.4 Å². The highest BCUT2D eigenvalue weighted by atomic mass is 32.1. The molecule has 0 amide bonds. The summed E-state index contributed by atoms with van der Waals surface area (Å²) < 4.78 is 2.39. The van der Waals surface area contributed by atoms with E-state index in [9.17, 15) is 0 Å². The Bertz CT molecular complexity index is 455. The molecule has 66 valence electrons. The Hall–Kier alpha value is -1.55. The molecule has 2 aromatic rings. The molecule has 0 saturated carbocycles. The normalized spacial score (nSPS) is 10.2. The van der Waals surface area contributed by atoms with Crippen LogP contribution in [0.15, 0.2) is 36.4 Å². The number of aromatic amines is 1. The molecule has 0 saturated heterocycles. The van der Waals surface area contributed by atoms with Gasteiger partial charge in [-0.15, -0.1) is 0 Å². The Morgan fingerprint density at radius 3 is 2.46 bits per heavy atom. The zero-order chi connectivity index (χ0) is 9.26. The lowest BCUT2D eigenvalue weighted by Crippen LogP contribution is -2.00. The monoisotopic (exact) mass is 191 g/mol. The lowest BCUT2D eigenvalue weighted by atomic mass is 10.3. The van der Waals surface area contributed by atoms with E-state index in [1.165, 1.54) is 0 Å². The van der Waals surface area contributed by atoms with E-state index in [2.05, 4.69) is 5.10 Å². The maximum atomic E-state index is 5.74. The van der Waals surface area contributed by atoms with Crippen LogP contribution in [0.25, 0.3) is 5.69 Å². The minimum absolute atomic E-state index is 0.621. The number of para-hydroxylation sites is 1. The van der Waals surface area contributed by atoms with Crippen LogP contribution in [0.5, 0.6) is 0 Å². The van der Waals surface area contributed by atoms with Gasteiger partial charge >= 0.3 is 0 Å². The number of nitrogen functional groups attached to an aromatic ring is 1. The molecule has 0 atom stereocenters. The van der Waals surface area contributed by atoms with E-state index in [4.69, 9.17) is 18.0 Å². The summed E-state index contributed by atoms with van der Waals surface area (Å²) in [7, 11) is 0. The SMILES string of the molecule is Nc1cc(=S)[nH]n1-c1ccccc1. The second kappa shape index (κ2) is 3.06. The third kappa shape index (κ3) is 1.48. The average Bonchev–Trinajstić information content (AvgIpc) is 2.47. The number of H-pyrrole nitrogens is 1. The van der Waals surface area contributed by atoms with Crippen molar-refractivity contribution in [3.63, 3.8) is 0 Å². The first-order valence-corrected chi connectivity index (χ1v) is 4.31. The van der Waals surface area contributed by atoms with E-state index in [1.807, 2.05) is 30.3 Å². The van der Waals surface area contributed by atoms with Crippen molar-refractivity contribution in [2.75, 3.05) is 5.73 Å². The number of rotatable bonds is 1. The van der Waals surface area contributed by atoms with Crippen LogP contribution in [-0.2, 0) is 0 Å². The van der Waals surface area contributed by atoms with Gasteiger partial charge in [0.25, 0.3) is 0 Å². The average molecular weight is 191 g/mol. The molecule has 0 bridgehead atoms. The Labute approximate surface area is 80.8 Å². The first-order chi connectivity index (χ1) is 6.27. The van der Waals surface area contributed by atoms with E-state index in [0.717, 1.165) is 5.69 Å². The second-order valence-corrected chi connectivity index (χ2v) is 3.16. The summed E-state index contributed by atoms with van der Waals surface area (Å²) in [5.41, 5.74) is 6.72. The number of nitrogens with zero attached hydrogens (tertiary/aromatic N) is 1. The quantitative estimate of drug-likeness (QED) is 0.678. The molecule has 0 radical (unpaired) electrons. The lowest BCUT2D eigenvalue weighted by molar-refractivity contribution is 0.885. The predicted octanol–water partition coefficient (Wildman–Crippen LogP) is 2.12. The number of nitrogens with one attached hydrogen (secondary N) is 1. The first kappa shape index (κ1) is 8.07. The number of nitrogens with two attached hydrogens (primary N) is 1. The molecule has 0 aliphatic heterocycles. The van der Waals surface area contributed by atoms with Crippen molar-refractivity contribution < 1.29 is 0 Å². The molecular formula is C9H9N3S. The maximum absolute atomic E-state index is 5.74. The maximum Gasteiger partial charge on any atom is 0.126 e. The molecule has 3 N–H and O–H groups in total. The molecule has 3 nitrogen and oxygen atoms in total. The van der Waals surface area contributed by atoms with Crippen molar-refractivity contribution >= 4 is 18.0 Å². The third-order valence-corrected chi connectivity index (χ3v) is 1.98. The molecule has 1 heterocycles. The number of anilines is 1. The Morgan fingerprint density at radius 1 is 1.23 bits per heavy atom. The standard InChI is InChI=1S/C9H9N3S/c10-8-6-9(13)11-12(8)7-4-2-1-3-5-7/h1-6H,10H2,(H,11,13). The van der Waals surface area contributed by atoms with Gasteiger partial charge in [-0.3, -0.25) is 5.10 Å². The highest BCUT2D eigenvalue weighted by Gasteiger charge is 1.98. The van der Waals surface area contributed by atoms with Gasteiger partial charge in [0.2, 0.25) is 0 Å². The molecule has 0 fully saturated rings. The number of hydrogen-bond acceptors (Lipinski definition) is 2. The minimum atomic E-state index is 0.621. The molecular weight excluding hydrogens is 182 g/mol. The summed E-state index contributed by atoms with van der Waals surface area (Å²) in [5.74, 6) is 0.621. The van der Waals surface area contributed by atoms with E-state index < -0.39 is 0 Å². The van der Waals surface area contributed by atoms with Crippen molar-refractivity contribution in [2.24, 2.45) is 0 Å². The summed E-state index contributed by atoms with van der Waals surface area (Å²) in [6.45, 7) is 0. The summed E-state index contributed by atoms with van der Waals surface area (Å²) in [6.07, 6.45) is 0. The zero-order valence-corrected chi connectivity index (χ0v) is 7.71. The van der Waals surface area contributed by atoms with Gasteiger partial charge in [0.05, 0.1) is 5.69 Å². The second-order valence-electron chi connectivity index (χ2n) is 2.72. The predicted molar refractivity (Wildman–Crippen MR) is 55.4 cm³/mol. The number of aromatic nitrogens is 2. The van der Waals surface area contributed by atoms with Gasteiger partial charge in [-0.25, -0.2) is 4.68 Å². The van der Waals surface area contributed by atoms with Gasteiger partial charge < -0.3 is 5.73 Å². The van der Waals surface area contributed by atoms with Crippen molar-refractivity contribution in [1.82, 2.24) is 9.78 Å². The Morgan fingerprint density at radius 2 is 1.92 bits per heavy atom. The van der Waals surface area contributed by atoms with Crippen molar-refractivity contribution in [1.29, 1.82) is 0 Å². The van der Waals surface area contributed by atoms with E-state index in [-0.39, 0.29) is 0 Å². The van der Waals surface area contributed by atoms with Crippen LogP contribution in [0.2, 0.25) is 0 Å². The summed E-state index contributed by atoms with van der Waals surface area (Å²) in [5, 5.41) is 2.97. The molecule has 1 aromatic heterocycles. The topological polar surface area (TPSA) is 46.7 Å². The van der Waals surface area contributed by atoms with Crippen molar-refractivity contribution in [3.05, 3.63) is 41.0 Å². The molecule has 13 heavy (non-hydrogen) atoms. The first-order valence-electron chi connectivity index (χ1n) is 3.90. The van der Waals surface area contributed by atoms with Crippen LogP contribution in [0.3, 0.4) is 0 Å². The Balaban J connectivity index is 2.59. The summed E-state index contributed by atoms with van der Waals surface area (Å²) in [4.78, 5) is 0. The van der Waals surface area contributed by atoms with Crippen LogP contribution < -0.4 is 5.73 Å². The zero-order valence-electron chi connectivity index (χ0n) is 6.90. The number of benzene rings is 1. The smallest absolute Gasteiger partial charge is 0.126 e. The summed E-state index contributed by atoms with van der Waals surface area (Å²) in [6, 6.07) is 11.5. The lowest BCUT2D eigenvalue weighted by Gasteiger charge is -2.03. The molecule has 4 heteroatoms. The molecule has 0 aliphatic rings. The Kier molecular flexibility index (Phi) is 1.90. The van der Waals surface area contributed by atoms with Gasteiger partial charge in [-0.05, 0) is 12.1 Å². The molecule has 0 spiro atoms. The fourth-order valence-corrected chi connectivity index (χ4v) is 1.41. The van der Waals surface area contributed by atoms with Gasteiger partial charge in [0.15, 0.2) is 0 Å². The largest absolute Gasteiger partial charge is 0.384 e. The molecule has 0 aliphatic carbocycles. The van der Waals surface area contributed by atoms with Crippen molar-refractivity contribution in [2.45, 2.75) is 0 Å². The van der Waals surface area contributed by atoms with E-state index in [0.29, 0.717) is 10.5 Å². The summed E-state index contributed by atoms with van der Waals surface area (Å²) >= 11 is 4.96. The molecule has 0 unspecified atom stereocenters. The van der Waals surface area contributed by atoms with Crippen LogP contribution in [0.1, 0.15) is 0 Å². The minimum Gasteiger partial charge on any atom is -0.384 e. The van der Waals surface area contributed by atoms with E-state index >= 15 is 0 Å². The van der Waals surface area contributed by atoms with Gasteiger partial charge in [0, 0.05) is 6.07 Å². The van der Waals surface area contributed by atoms with E-state index in [1.54, 1.807) is 10.7 Å². The van der Waals surface area contributed by atoms with Crippen LogP contribution >= 0.6 is 12.2 Å². The molecule has 1 aromatic carbocycles. The van der Waals surface area contributed by atoms with Crippen LogP contribution in [-0.4, -0.2) is 9.78 Å². The number of hydrogen-bond donors (Lipinski definition) is 2. The highest BCUT2D eigenvalue weighted by Crippen LogP contribution is 2.11. The third-order valence-electron chi connectivity index (χ3n) is 1.77. The molecule has 2 rings (SSSR count). The van der Waals surface area contributed by atoms with Gasteiger partial charge in [-0.2, -0.15) is 0 Å².